The summed E-state index contributed by atoms with van der Waals surface area (Å²) in [5.41, 5.74) is 5.18. The van der Waals surface area contributed by atoms with E-state index in [1.807, 2.05) is 13.8 Å². The third-order valence-electron chi connectivity index (χ3n) is 2.95. The van der Waals surface area contributed by atoms with E-state index in [0.29, 0.717) is 0 Å². The molecule has 0 spiro atoms. The molecule has 0 saturated heterocycles. The molecule has 0 atom stereocenters. The van der Waals surface area contributed by atoms with E-state index in [1.165, 1.54) is 0 Å². The molecule has 0 aromatic carbocycles. The van der Waals surface area contributed by atoms with E-state index < -0.39 is 5.91 Å². The molecule has 2 N–H and O–H groups in total. The summed E-state index contributed by atoms with van der Waals surface area (Å²) in [5.74, 6) is -0.598. The van der Waals surface area contributed by atoms with Crippen LogP contribution in [0.1, 0.15) is 39.5 Å². The number of carbonyl (C=O) groups is 2. The van der Waals surface area contributed by atoms with Gasteiger partial charge in [0, 0.05) is 6.04 Å². The minimum absolute atomic E-state index is 0.00492. The van der Waals surface area contributed by atoms with E-state index in [4.69, 9.17) is 10.5 Å². The molecule has 1 aliphatic carbocycles. The molecule has 0 radical (unpaired) electrons. The van der Waals surface area contributed by atoms with Crippen LogP contribution in [0.2, 0.25) is 0 Å². The molecular weight excluding hydrogens is 220 g/mol. The molecule has 0 aliphatic heterocycles. The largest absolute Gasteiger partial charge is 0.369 e. The summed E-state index contributed by atoms with van der Waals surface area (Å²) in [7, 11) is 0. The Kier molecular flexibility index (Phi) is 5.41. The number of primary amides is 1. The Morgan fingerprint density at radius 3 is 2.41 bits per heavy atom. The number of amides is 2. The summed E-state index contributed by atoms with van der Waals surface area (Å²) in [5, 5.41) is 0. The van der Waals surface area contributed by atoms with E-state index in [1.54, 1.807) is 4.90 Å². The fourth-order valence-corrected chi connectivity index (χ4v) is 2.13. The van der Waals surface area contributed by atoms with Crippen LogP contribution in [-0.4, -0.2) is 42.0 Å². The van der Waals surface area contributed by atoms with Crippen molar-refractivity contribution in [1.82, 2.24) is 4.90 Å². The molecule has 1 saturated carbocycles. The van der Waals surface area contributed by atoms with Gasteiger partial charge in [-0.25, -0.2) is 0 Å². The molecule has 98 valence electrons. The Morgan fingerprint density at radius 1 is 1.35 bits per heavy atom. The van der Waals surface area contributed by atoms with E-state index in [9.17, 15) is 9.59 Å². The first-order chi connectivity index (χ1) is 8.00. The van der Waals surface area contributed by atoms with Gasteiger partial charge < -0.3 is 15.4 Å². The van der Waals surface area contributed by atoms with Crippen LogP contribution in [0.3, 0.4) is 0 Å². The second-order valence-corrected chi connectivity index (χ2v) is 4.79. The number of ether oxygens (including phenoxy) is 1. The van der Waals surface area contributed by atoms with Crippen molar-refractivity contribution in [3.63, 3.8) is 0 Å². The van der Waals surface area contributed by atoms with Crippen LogP contribution in [0.25, 0.3) is 0 Å². The highest BCUT2D eigenvalue weighted by Crippen LogP contribution is 2.23. The number of rotatable bonds is 6. The van der Waals surface area contributed by atoms with E-state index in [-0.39, 0.29) is 31.2 Å². The average Bonchev–Trinajstić information content (AvgIpc) is 2.75. The molecule has 0 unspecified atom stereocenters. The molecule has 0 aromatic heterocycles. The van der Waals surface area contributed by atoms with E-state index in [0.717, 1.165) is 25.7 Å². The molecule has 1 aliphatic rings. The van der Waals surface area contributed by atoms with Crippen molar-refractivity contribution >= 4 is 11.8 Å². The van der Waals surface area contributed by atoms with Gasteiger partial charge >= 0.3 is 0 Å². The lowest BCUT2D eigenvalue weighted by Crippen LogP contribution is -2.46. The van der Waals surface area contributed by atoms with Gasteiger partial charge in [0.25, 0.3) is 0 Å². The van der Waals surface area contributed by atoms with Crippen molar-refractivity contribution in [2.24, 2.45) is 5.73 Å². The van der Waals surface area contributed by atoms with Gasteiger partial charge in [-0.1, -0.05) is 12.8 Å². The normalized spacial score (nSPS) is 16.4. The van der Waals surface area contributed by atoms with Crippen LogP contribution in [0, 0.1) is 0 Å². The van der Waals surface area contributed by atoms with Gasteiger partial charge in [0.1, 0.15) is 6.61 Å². The summed E-state index contributed by atoms with van der Waals surface area (Å²) >= 11 is 0. The van der Waals surface area contributed by atoms with Crippen LogP contribution in [0.4, 0.5) is 0 Å². The predicted octanol–water partition coefficient (Wildman–Crippen LogP) is 0.668. The minimum atomic E-state index is -0.463. The Morgan fingerprint density at radius 2 is 1.94 bits per heavy atom. The van der Waals surface area contributed by atoms with Gasteiger partial charge in [-0.15, -0.1) is 0 Å². The fourth-order valence-electron chi connectivity index (χ4n) is 2.13. The van der Waals surface area contributed by atoms with Crippen molar-refractivity contribution in [3.8, 4) is 0 Å². The topological polar surface area (TPSA) is 72.6 Å². The highest BCUT2D eigenvalue weighted by atomic mass is 16.5. The quantitative estimate of drug-likeness (QED) is 0.744. The van der Waals surface area contributed by atoms with Crippen LogP contribution >= 0.6 is 0 Å². The van der Waals surface area contributed by atoms with Gasteiger partial charge in [0.2, 0.25) is 11.8 Å². The first-order valence-electron chi connectivity index (χ1n) is 6.20. The van der Waals surface area contributed by atoms with Crippen molar-refractivity contribution < 1.29 is 14.3 Å². The molecule has 0 aromatic rings. The number of hydrogen-bond acceptors (Lipinski definition) is 3. The maximum absolute atomic E-state index is 12.0. The second-order valence-electron chi connectivity index (χ2n) is 4.79. The van der Waals surface area contributed by atoms with Crippen molar-refractivity contribution in [3.05, 3.63) is 0 Å². The zero-order valence-corrected chi connectivity index (χ0v) is 10.6. The lowest BCUT2D eigenvalue weighted by Gasteiger charge is -2.28. The van der Waals surface area contributed by atoms with Gasteiger partial charge in [-0.05, 0) is 26.7 Å². The van der Waals surface area contributed by atoms with Crippen molar-refractivity contribution in [2.45, 2.75) is 51.7 Å². The second kappa shape index (κ2) is 6.59. The highest BCUT2D eigenvalue weighted by Gasteiger charge is 2.27. The maximum atomic E-state index is 12.0. The van der Waals surface area contributed by atoms with E-state index in [2.05, 4.69) is 0 Å². The summed E-state index contributed by atoms with van der Waals surface area (Å²) in [4.78, 5) is 24.5. The van der Waals surface area contributed by atoms with E-state index >= 15 is 0 Å². The summed E-state index contributed by atoms with van der Waals surface area (Å²) in [6.07, 6.45) is 4.15. The molecular formula is C12H22N2O3. The Labute approximate surface area is 102 Å². The minimum Gasteiger partial charge on any atom is -0.369 e. The summed E-state index contributed by atoms with van der Waals surface area (Å²) in [6, 6.07) is 0.158. The van der Waals surface area contributed by atoms with Crippen LogP contribution < -0.4 is 5.73 Å². The Balaban J connectivity index is 2.54. The average molecular weight is 242 g/mol. The van der Waals surface area contributed by atoms with Gasteiger partial charge in [0.15, 0.2) is 0 Å². The third kappa shape index (κ3) is 4.73. The standard InChI is InChI=1S/C12H22N2O3/c1-9(2)17-8-12(16)14(7-11(13)15)10-5-3-4-6-10/h9-10H,3-8H2,1-2H3,(H2,13,15). The zero-order valence-electron chi connectivity index (χ0n) is 10.6. The fraction of sp³-hybridized carbons (Fsp3) is 0.833. The summed E-state index contributed by atoms with van der Waals surface area (Å²) in [6.45, 7) is 3.79. The van der Waals surface area contributed by atoms with Gasteiger partial charge in [-0.3, -0.25) is 9.59 Å². The summed E-state index contributed by atoms with van der Waals surface area (Å²) < 4.78 is 5.28. The zero-order chi connectivity index (χ0) is 12.8. The molecule has 0 bridgehead atoms. The first kappa shape index (κ1) is 14.0. The maximum Gasteiger partial charge on any atom is 0.249 e. The molecule has 5 nitrogen and oxygen atoms in total. The van der Waals surface area contributed by atoms with Crippen LogP contribution in [-0.2, 0) is 14.3 Å². The lowest BCUT2D eigenvalue weighted by molar-refractivity contribution is -0.142. The third-order valence-corrected chi connectivity index (χ3v) is 2.95. The number of nitrogens with zero attached hydrogens (tertiary/aromatic N) is 1. The lowest BCUT2D eigenvalue weighted by atomic mass is 10.2. The molecule has 1 fully saturated rings. The first-order valence-corrected chi connectivity index (χ1v) is 6.20. The number of hydrogen-bond donors (Lipinski definition) is 1. The molecule has 5 heteroatoms. The molecule has 1 rings (SSSR count). The Hall–Kier alpha value is -1.10. The number of nitrogens with two attached hydrogens (primary N) is 1. The van der Waals surface area contributed by atoms with Crippen LogP contribution in [0.15, 0.2) is 0 Å². The predicted molar refractivity (Wildman–Crippen MR) is 64.3 cm³/mol. The smallest absolute Gasteiger partial charge is 0.249 e. The highest BCUT2D eigenvalue weighted by molar-refractivity contribution is 5.84. The SMILES string of the molecule is CC(C)OCC(=O)N(CC(N)=O)C1CCCC1. The monoisotopic (exact) mass is 242 g/mol. The van der Waals surface area contributed by atoms with Gasteiger partial charge in [-0.2, -0.15) is 0 Å². The van der Waals surface area contributed by atoms with Gasteiger partial charge in [0.05, 0.1) is 12.6 Å². The van der Waals surface area contributed by atoms with Crippen LogP contribution in [0.5, 0.6) is 0 Å². The molecule has 17 heavy (non-hydrogen) atoms. The number of carbonyl (C=O) groups excluding carboxylic acids is 2. The molecule has 0 heterocycles. The van der Waals surface area contributed by atoms with Crippen molar-refractivity contribution in [2.75, 3.05) is 13.2 Å². The van der Waals surface area contributed by atoms with Crippen molar-refractivity contribution in [1.29, 1.82) is 0 Å². The Bertz CT molecular complexity index is 273. The molecule has 2 amide bonds.